The van der Waals surface area contributed by atoms with Gasteiger partial charge >= 0.3 is 6.03 Å². The van der Waals surface area contributed by atoms with E-state index >= 15 is 0 Å². The summed E-state index contributed by atoms with van der Waals surface area (Å²) < 4.78 is 0. The van der Waals surface area contributed by atoms with Crippen molar-refractivity contribution in [1.82, 2.24) is 9.80 Å². The second-order valence-electron chi connectivity index (χ2n) is 5.62. The first kappa shape index (κ1) is 13.7. The Morgan fingerprint density at radius 3 is 2.41 bits per heavy atom. The fourth-order valence-electron chi connectivity index (χ4n) is 3.08. The van der Waals surface area contributed by atoms with E-state index in [0.717, 1.165) is 11.3 Å². The molecular weight excluding hydrogens is 292 g/mol. The van der Waals surface area contributed by atoms with E-state index in [1.165, 1.54) is 5.56 Å². The molecule has 2 aromatic carbocycles. The topological polar surface area (TPSA) is 23.6 Å². The van der Waals surface area contributed by atoms with Crippen LogP contribution in [-0.2, 0) is 6.54 Å². The van der Waals surface area contributed by atoms with Crippen molar-refractivity contribution in [2.24, 2.45) is 0 Å². The zero-order valence-electron chi connectivity index (χ0n) is 12.1. The minimum Gasteiger partial charge on any atom is -0.313 e. The Labute approximate surface area is 134 Å². The maximum Gasteiger partial charge on any atom is 0.322 e. The van der Waals surface area contributed by atoms with Gasteiger partial charge in [0.15, 0.2) is 0 Å². The summed E-state index contributed by atoms with van der Waals surface area (Å²) in [5, 5.41) is 0.135. The molecule has 2 aliphatic heterocycles. The molecule has 0 aromatic heterocycles. The first-order chi connectivity index (χ1) is 10.8. The first-order valence-corrected chi connectivity index (χ1v) is 8.52. The Balaban J connectivity index is 1.54. The second-order valence-corrected chi connectivity index (χ2v) is 6.73. The third-order valence-corrected chi connectivity index (χ3v) is 5.48. The van der Waals surface area contributed by atoms with Gasteiger partial charge in [-0.1, -0.05) is 60.7 Å². The van der Waals surface area contributed by atoms with Crippen molar-refractivity contribution in [3.05, 3.63) is 78.3 Å². The molecule has 3 nitrogen and oxygen atoms in total. The number of thioether (sulfide) groups is 1. The summed E-state index contributed by atoms with van der Waals surface area (Å²) in [6.45, 7) is 2.74. The minimum absolute atomic E-state index is 0.118. The summed E-state index contributed by atoms with van der Waals surface area (Å²) in [6, 6.07) is 20.8. The van der Waals surface area contributed by atoms with Crippen LogP contribution in [0.15, 0.2) is 60.7 Å². The van der Waals surface area contributed by atoms with E-state index in [2.05, 4.69) is 30.8 Å². The monoisotopic (exact) mass is 309 g/mol. The molecule has 4 rings (SSSR count). The molecule has 1 radical (unpaired) electrons. The summed E-state index contributed by atoms with van der Waals surface area (Å²) >= 11 is 1.85. The maximum absolute atomic E-state index is 12.8. The van der Waals surface area contributed by atoms with E-state index in [9.17, 15) is 4.79 Å². The number of carbonyl (C=O) groups excluding carboxylic acids is 1. The van der Waals surface area contributed by atoms with Gasteiger partial charge in [-0.3, -0.25) is 0 Å². The minimum atomic E-state index is 0.118. The number of rotatable bonds is 3. The summed E-state index contributed by atoms with van der Waals surface area (Å²) in [5.41, 5.74) is 2.37. The van der Waals surface area contributed by atoms with Crippen LogP contribution in [0.1, 0.15) is 16.5 Å². The van der Waals surface area contributed by atoms with Crippen LogP contribution in [0.25, 0.3) is 0 Å². The van der Waals surface area contributed by atoms with Crippen molar-refractivity contribution in [3.8, 4) is 0 Å². The lowest BCUT2D eigenvalue weighted by Crippen LogP contribution is -2.33. The van der Waals surface area contributed by atoms with Gasteiger partial charge in [-0.15, -0.1) is 11.8 Å². The molecule has 0 bridgehead atoms. The van der Waals surface area contributed by atoms with Gasteiger partial charge in [-0.25, -0.2) is 4.79 Å². The van der Waals surface area contributed by atoms with E-state index in [1.807, 2.05) is 58.0 Å². The van der Waals surface area contributed by atoms with Crippen LogP contribution in [0.3, 0.4) is 0 Å². The average molecular weight is 309 g/mol. The van der Waals surface area contributed by atoms with Crippen LogP contribution in [0.2, 0.25) is 0 Å². The predicted octanol–water partition coefficient (Wildman–Crippen LogP) is 3.90. The highest BCUT2D eigenvalue weighted by atomic mass is 32.2. The van der Waals surface area contributed by atoms with E-state index < -0.39 is 0 Å². The van der Waals surface area contributed by atoms with E-state index in [1.54, 1.807) is 0 Å². The summed E-state index contributed by atoms with van der Waals surface area (Å²) in [6.07, 6.45) is 0. The third-order valence-electron chi connectivity index (χ3n) is 4.13. The van der Waals surface area contributed by atoms with Gasteiger partial charge in [0.2, 0.25) is 0 Å². The molecule has 2 aliphatic rings. The number of hydrogen-bond acceptors (Lipinski definition) is 2. The highest BCUT2D eigenvalue weighted by Crippen LogP contribution is 2.46. The van der Waals surface area contributed by atoms with Gasteiger partial charge in [-0.05, 0) is 11.1 Å². The van der Waals surface area contributed by atoms with Crippen molar-refractivity contribution in [2.45, 2.75) is 18.0 Å². The molecule has 0 aliphatic carbocycles. The molecule has 4 heteroatoms. The molecule has 2 amide bonds. The zero-order chi connectivity index (χ0) is 14.9. The quantitative estimate of drug-likeness (QED) is 0.858. The average Bonchev–Trinajstić information content (AvgIpc) is 3.11. The largest absolute Gasteiger partial charge is 0.322 e. The standard InChI is InChI=1S/C18H17N2OS/c21-18-19(11-14-7-3-1-4-8-14)12-16-13-22-17(20(16)18)15-9-5-2-6-10-15/h1-10,12,16-17H,11,13H2/t16-,17+/m1/s1. The maximum atomic E-state index is 12.8. The molecule has 2 atom stereocenters. The summed E-state index contributed by atoms with van der Waals surface area (Å²) in [4.78, 5) is 16.7. The van der Waals surface area contributed by atoms with E-state index in [-0.39, 0.29) is 17.4 Å². The highest BCUT2D eigenvalue weighted by Gasteiger charge is 2.46. The third kappa shape index (κ3) is 2.37. The molecule has 22 heavy (non-hydrogen) atoms. The van der Waals surface area contributed by atoms with Gasteiger partial charge in [-0.2, -0.15) is 0 Å². The number of amides is 2. The highest BCUT2D eigenvalue weighted by molar-refractivity contribution is 7.99. The molecule has 0 spiro atoms. The van der Waals surface area contributed by atoms with Crippen molar-refractivity contribution in [3.63, 3.8) is 0 Å². The Kier molecular flexibility index (Phi) is 3.54. The van der Waals surface area contributed by atoms with Crippen molar-refractivity contribution in [2.75, 3.05) is 5.75 Å². The van der Waals surface area contributed by atoms with Gasteiger partial charge in [0.05, 0.1) is 12.6 Å². The van der Waals surface area contributed by atoms with Gasteiger partial charge in [0.1, 0.15) is 5.37 Å². The number of nitrogens with zero attached hydrogens (tertiary/aromatic N) is 2. The normalized spacial score (nSPS) is 23.9. The Morgan fingerprint density at radius 1 is 1.00 bits per heavy atom. The summed E-state index contributed by atoms with van der Waals surface area (Å²) in [5.74, 6) is 0.969. The fourth-order valence-corrected chi connectivity index (χ4v) is 4.46. The molecule has 2 aromatic rings. The van der Waals surface area contributed by atoms with Gasteiger partial charge in [0, 0.05) is 12.3 Å². The van der Waals surface area contributed by atoms with Crippen LogP contribution in [0.4, 0.5) is 4.79 Å². The predicted molar refractivity (Wildman–Crippen MR) is 88.9 cm³/mol. The number of benzene rings is 2. The fraction of sp³-hybridized carbons (Fsp3) is 0.222. The number of hydrogen-bond donors (Lipinski definition) is 0. The SMILES string of the molecule is O=C1N(Cc2ccccc2)[CH][C@@H]2CS[C@@H](c3ccccc3)N12. The lowest BCUT2D eigenvalue weighted by Gasteiger charge is -2.24. The van der Waals surface area contributed by atoms with Crippen LogP contribution in [-0.4, -0.2) is 27.6 Å². The lowest BCUT2D eigenvalue weighted by atomic mass is 10.2. The van der Waals surface area contributed by atoms with Crippen LogP contribution >= 0.6 is 11.8 Å². The van der Waals surface area contributed by atoms with Crippen LogP contribution in [0.5, 0.6) is 0 Å². The van der Waals surface area contributed by atoms with E-state index in [0.29, 0.717) is 6.54 Å². The van der Waals surface area contributed by atoms with Crippen molar-refractivity contribution >= 4 is 17.8 Å². The first-order valence-electron chi connectivity index (χ1n) is 7.47. The van der Waals surface area contributed by atoms with Crippen LogP contribution in [0, 0.1) is 6.54 Å². The zero-order valence-corrected chi connectivity index (χ0v) is 12.9. The van der Waals surface area contributed by atoms with Crippen molar-refractivity contribution in [1.29, 1.82) is 0 Å². The van der Waals surface area contributed by atoms with Gasteiger partial charge < -0.3 is 9.80 Å². The summed E-state index contributed by atoms with van der Waals surface area (Å²) in [7, 11) is 0. The molecule has 0 N–H and O–H groups in total. The Hall–Kier alpha value is -1.94. The number of carbonyl (C=O) groups is 1. The van der Waals surface area contributed by atoms with Gasteiger partial charge in [0.25, 0.3) is 0 Å². The van der Waals surface area contributed by atoms with Crippen LogP contribution < -0.4 is 0 Å². The Morgan fingerprint density at radius 2 is 1.68 bits per heavy atom. The second kappa shape index (κ2) is 5.69. The molecule has 2 fully saturated rings. The van der Waals surface area contributed by atoms with E-state index in [4.69, 9.17) is 0 Å². The lowest BCUT2D eigenvalue weighted by molar-refractivity contribution is 0.186. The van der Waals surface area contributed by atoms with Crippen molar-refractivity contribution < 1.29 is 4.79 Å². The smallest absolute Gasteiger partial charge is 0.313 e. The molecule has 0 saturated carbocycles. The number of urea groups is 1. The molecule has 2 saturated heterocycles. The number of fused-ring (bicyclic) bond motifs is 1. The Bertz CT molecular complexity index is 661. The molecule has 0 unspecified atom stereocenters. The molecule has 2 heterocycles. The molecular formula is C18H17N2OS. The molecule has 111 valence electrons.